The molecule has 2 aromatic heterocycles. The molecule has 2 rings (SSSR count). The quantitative estimate of drug-likeness (QED) is 0.890. The molecule has 0 aliphatic carbocycles. The molecule has 0 aliphatic heterocycles. The minimum Gasteiger partial charge on any atom is -0.313 e. The number of hydrogen-bond donors (Lipinski definition) is 1. The molecule has 0 radical (unpaired) electrons. The summed E-state index contributed by atoms with van der Waals surface area (Å²) < 4.78 is 1.78. The molecule has 1 N–H and O–H groups in total. The van der Waals surface area contributed by atoms with Gasteiger partial charge in [0.05, 0.1) is 0 Å². The van der Waals surface area contributed by atoms with Gasteiger partial charge in [-0.2, -0.15) is 4.68 Å². The van der Waals surface area contributed by atoms with Crippen LogP contribution >= 0.6 is 0 Å². The van der Waals surface area contributed by atoms with Crippen molar-refractivity contribution in [1.82, 2.24) is 25.1 Å². The molecule has 0 fully saturated rings. The Hall–Kier alpha value is -1.75. The van der Waals surface area contributed by atoms with Gasteiger partial charge in [-0.1, -0.05) is 13.0 Å². The summed E-state index contributed by atoms with van der Waals surface area (Å²) in [5.41, 5.74) is 2.25. The first-order valence-corrected chi connectivity index (χ1v) is 6.19. The topological polar surface area (TPSA) is 55.6 Å². The number of aromatic nitrogens is 4. The van der Waals surface area contributed by atoms with Crippen molar-refractivity contribution in [3.8, 4) is 5.82 Å². The Morgan fingerprint density at radius 3 is 2.50 bits per heavy atom. The molecule has 96 valence electrons. The predicted octanol–water partition coefficient (Wildman–Crippen LogP) is 1.70. The summed E-state index contributed by atoms with van der Waals surface area (Å²) in [4.78, 5) is 8.88. The minimum absolute atomic E-state index is 0.767. The van der Waals surface area contributed by atoms with E-state index in [0.29, 0.717) is 0 Å². The van der Waals surface area contributed by atoms with Crippen LogP contribution < -0.4 is 5.32 Å². The fourth-order valence-electron chi connectivity index (χ4n) is 1.88. The largest absolute Gasteiger partial charge is 0.313 e. The van der Waals surface area contributed by atoms with E-state index in [2.05, 4.69) is 33.4 Å². The Balaban J connectivity index is 2.31. The molecule has 5 heteroatoms. The lowest BCUT2D eigenvalue weighted by Crippen LogP contribution is -2.14. The Morgan fingerprint density at radius 1 is 1.17 bits per heavy atom. The van der Waals surface area contributed by atoms with Gasteiger partial charge in [0.2, 0.25) is 0 Å². The Labute approximate surface area is 107 Å². The fraction of sp³-hybridized carbons (Fsp3) is 0.462. The lowest BCUT2D eigenvalue weighted by Gasteiger charge is -2.08. The highest BCUT2D eigenvalue weighted by molar-refractivity contribution is 5.30. The molecule has 0 saturated heterocycles. The zero-order valence-electron chi connectivity index (χ0n) is 11.4. The third-order valence-corrected chi connectivity index (χ3v) is 2.84. The van der Waals surface area contributed by atoms with E-state index < -0.39 is 0 Å². The van der Waals surface area contributed by atoms with Crippen molar-refractivity contribution in [2.75, 3.05) is 6.54 Å². The van der Waals surface area contributed by atoms with Gasteiger partial charge in [0.25, 0.3) is 0 Å². The SMILES string of the molecule is CCNCc1ccc(-n2nc(C)nc2C)nc1C. The van der Waals surface area contributed by atoms with Crippen LogP contribution in [0.2, 0.25) is 0 Å². The van der Waals surface area contributed by atoms with E-state index in [1.54, 1.807) is 4.68 Å². The van der Waals surface area contributed by atoms with Crippen molar-refractivity contribution in [1.29, 1.82) is 0 Å². The average Bonchev–Trinajstić information content (AvgIpc) is 2.67. The van der Waals surface area contributed by atoms with Crippen molar-refractivity contribution < 1.29 is 0 Å². The number of hydrogen-bond acceptors (Lipinski definition) is 4. The van der Waals surface area contributed by atoms with Crippen molar-refractivity contribution in [3.63, 3.8) is 0 Å². The molecule has 0 aromatic carbocycles. The van der Waals surface area contributed by atoms with E-state index in [1.165, 1.54) is 5.56 Å². The molecule has 0 spiro atoms. The summed E-state index contributed by atoms with van der Waals surface area (Å²) in [7, 11) is 0. The van der Waals surface area contributed by atoms with Crippen molar-refractivity contribution in [3.05, 3.63) is 35.0 Å². The van der Waals surface area contributed by atoms with Gasteiger partial charge in [-0.15, -0.1) is 5.10 Å². The van der Waals surface area contributed by atoms with E-state index in [1.807, 2.05) is 26.8 Å². The number of aryl methyl sites for hydroxylation is 3. The average molecular weight is 245 g/mol. The van der Waals surface area contributed by atoms with Crippen molar-refractivity contribution in [2.45, 2.75) is 34.2 Å². The maximum Gasteiger partial charge on any atom is 0.155 e. The summed E-state index contributed by atoms with van der Waals surface area (Å²) in [6.07, 6.45) is 0. The maximum atomic E-state index is 4.59. The van der Waals surface area contributed by atoms with Crippen molar-refractivity contribution >= 4 is 0 Å². The second kappa shape index (κ2) is 5.27. The number of rotatable bonds is 4. The molecule has 0 bridgehead atoms. The second-order valence-electron chi connectivity index (χ2n) is 4.31. The summed E-state index contributed by atoms with van der Waals surface area (Å²) in [5, 5.41) is 7.65. The van der Waals surface area contributed by atoms with E-state index in [4.69, 9.17) is 0 Å². The van der Waals surface area contributed by atoms with E-state index in [9.17, 15) is 0 Å². The second-order valence-corrected chi connectivity index (χ2v) is 4.31. The molecule has 2 aromatic rings. The van der Waals surface area contributed by atoms with Crippen LogP contribution in [-0.4, -0.2) is 26.3 Å². The van der Waals surface area contributed by atoms with Crippen LogP contribution in [0.4, 0.5) is 0 Å². The van der Waals surface area contributed by atoms with Gasteiger partial charge in [0, 0.05) is 12.2 Å². The van der Waals surface area contributed by atoms with Crippen LogP contribution in [0.25, 0.3) is 5.82 Å². The van der Waals surface area contributed by atoms with Gasteiger partial charge < -0.3 is 5.32 Å². The third kappa shape index (κ3) is 2.56. The maximum absolute atomic E-state index is 4.59. The van der Waals surface area contributed by atoms with Gasteiger partial charge in [-0.25, -0.2) is 9.97 Å². The summed E-state index contributed by atoms with van der Waals surface area (Å²) in [5.74, 6) is 2.45. The first kappa shape index (κ1) is 12.7. The zero-order chi connectivity index (χ0) is 13.1. The lowest BCUT2D eigenvalue weighted by molar-refractivity contribution is 0.716. The molecular weight excluding hydrogens is 226 g/mol. The molecule has 0 aliphatic rings. The molecule has 0 amide bonds. The first-order chi connectivity index (χ1) is 8.61. The minimum atomic E-state index is 0.767. The van der Waals surface area contributed by atoms with Crippen LogP contribution in [0.1, 0.15) is 29.8 Å². The Morgan fingerprint density at radius 2 is 1.94 bits per heavy atom. The summed E-state index contributed by atoms with van der Waals surface area (Å²) in [6, 6.07) is 4.08. The lowest BCUT2D eigenvalue weighted by atomic mass is 10.2. The molecule has 5 nitrogen and oxygen atoms in total. The standard InChI is InChI=1S/C13H19N5/c1-5-14-8-12-6-7-13(15-9(12)2)18-11(4)16-10(3)17-18/h6-7,14H,5,8H2,1-4H3. The highest BCUT2D eigenvalue weighted by Crippen LogP contribution is 2.11. The molecule has 0 unspecified atom stereocenters. The highest BCUT2D eigenvalue weighted by Gasteiger charge is 2.08. The molecule has 0 saturated carbocycles. The van der Waals surface area contributed by atoms with Crippen LogP contribution in [0, 0.1) is 20.8 Å². The molecule has 2 heterocycles. The van der Waals surface area contributed by atoms with Crippen LogP contribution in [-0.2, 0) is 6.54 Å². The number of nitrogens with zero attached hydrogens (tertiary/aromatic N) is 4. The van der Waals surface area contributed by atoms with E-state index >= 15 is 0 Å². The highest BCUT2D eigenvalue weighted by atomic mass is 15.4. The first-order valence-electron chi connectivity index (χ1n) is 6.19. The van der Waals surface area contributed by atoms with E-state index in [-0.39, 0.29) is 0 Å². The molecule has 0 atom stereocenters. The summed E-state index contributed by atoms with van der Waals surface area (Å²) >= 11 is 0. The summed E-state index contributed by atoms with van der Waals surface area (Å²) in [6.45, 7) is 9.75. The van der Waals surface area contributed by atoms with Gasteiger partial charge in [-0.05, 0) is 38.9 Å². The van der Waals surface area contributed by atoms with Gasteiger partial charge in [0.15, 0.2) is 5.82 Å². The van der Waals surface area contributed by atoms with Crippen LogP contribution in [0.5, 0.6) is 0 Å². The van der Waals surface area contributed by atoms with Crippen LogP contribution in [0.15, 0.2) is 12.1 Å². The number of pyridine rings is 1. The normalized spacial score (nSPS) is 10.9. The van der Waals surface area contributed by atoms with Crippen LogP contribution in [0.3, 0.4) is 0 Å². The number of nitrogens with one attached hydrogen (secondary N) is 1. The zero-order valence-corrected chi connectivity index (χ0v) is 11.4. The monoisotopic (exact) mass is 245 g/mol. The van der Waals surface area contributed by atoms with Crippen molar-refractivity contribution in [2.24, 2.45) is 0 Å². The van der Waals surface area contributed by atoms with Gasteiger partial charge in [-0.3, -0.25) is 0 Å². The third-order valence-electron chi connectivity index (χ3n) is 2.84. The van der Waals surface area contributed by atoms with E-state index in [0.717, 1.165) is 36.3 Å². The van der Waals surface area contributed by atoms with Gasteiger partial charge >= 0.3 is 0 Å². The fourth-order valence-corrected chi connectivity index (χ4v) is 1.88. The Kier molecular flexibility index (Phi) is 3.72. The molecule has 18 heavy (non-hydrogen) atoms. The predicted molar refractivity (Wildman–Crippen MR) is 70.7 cm³/mol. The van der Waals surface area contributed by atoms with Gasteiger partial charge in [0.1, 0.15) is 11.6 Å². The molecular formula is C13H19N5. The Bertz CT molecular complexity index is 544. The smallest absolute Gasteiger partial charge is 0.155 e.